The van der Waals surface area contributed by atoms with E-state index in [9.17, 15) is 4.79 Å². The van der Waals surface area contributed by atoms with Gasteiger partial charge in [-0.2, -0.15) is 0 Å². The summed E-state index contributed by atoms with van der Waals surface area (Å²) in [5, 5.41) is 0. The molecule has 1 amide bonds. The van der Waals surface area contributed by atoms with Gasteiger partial charge in [-0.05, 0) is 57.2 Å². The van der Waals surface area contributed by atoms with Crippen molar-refractivity contribution in [3.8, 4) is 11.5 Å². The molecule has 1 unspecified atom stereocenters. The predicted octanol–water partition coefficient (Wildman–Crippen LogP) is 3.48. The van der Waals surface area contributed by atoms with Crippen molar-refractivity contribution in [3.63, 3.8) is 0 Å². The third-order valence-electron chi connectivity index (χ3n) is 4.99. The van der Waals surface area contributed by atoms with Crippen molar-refractivity contribution in [2.24, 2.45) is 0 Å². The first-order valence-electron chi connectivity index (χ1n) is 8.25. The molecule has 1 saturated heterocycles. The van der Waals surface area contributed by atoms with E-state index in [2.05, 4.69) is 11.8 Å². The van der Waals surface area contributed by atoms with E-state index < -0.39 is 5.41 Å². The van der Waals surface area contributed by atoms with Crippen LogP contribution in [0.5, 0.6) is 11.5 Å². The zero-order valence-electron chi connectivity index (χ0n) is 13.7. The summed E-state index contributed by atoms with van der Waals surface area (Å²) >= 11 is 0. The summed E-state index contributed by atoms with van der Waals surface area (Å²) in [6.07, 6.45) is 4.49. The molecule has 3 rings (SSSR count). The van der Waals surface area contributed by atoms with Gasteiger partial charge in [0.25, 0.3) is 0 Å². The Hall–Kier alpha value is -1.71. The second-order valence-electron chi connectivity index (χ2n) is 6.75. The van der Waals surface area contributed by atoms with Crippen LogP contribution in [0.1, 0.15) is 52.0 Å². The highest BCUT2D eigenvalue weighted by Gasteiger charge is 2.38. The summed E-state index contributed by atoms with van der Waals surface area (Å²) < 4.78 is 10.8. The van der Waals surface area contributed by atoms with Crippen LogP contribution in [0.2, 0.25) is 0 Å². The number of hydrogen-bond acceptors (Lipinski definition) is 3. The highest BCUT2D eigenvalue weighted by Crippen LogP contribution is 2.37. The molecule has 4 nitrogen and oxygen atoms in total. The van der Waals surface area contributed by atoms with Gasteiger partial charge in [0.2, 0.25) is 12.7 Å². The van der Waals surface area contributed by atoms with E-state index in [0.29, 0.717) is 6.04 Å². The zero-order chi connectivity index (χ0) is 15.7. The molecule has 1 aromatic carbocycles. The molecular weight excluding hydrogens is 278 g/mol. The van der Waals surface area contributed by atoms with E-state index >= 15 is 0 Å². The normalized spacial score (nSPS) is 21.0. The minimum absolute atomic E-state index is 0.220. The molecule has 120 valence electrons. The summed E-state index contributed by atoms with van der Waals surface area (Å²) in [5.41, 5.74) is 0.438. The number of likely N-dealkylation sites (tertiary alicyclic amines) is 1. The van der Waals surface area contributed by atoms with Crippen molar-refractivity contribution in [2.45, 2.75) is 57.9 Å². The molecule has 0 N–H and O–H groups in total. The number of ether oxygens (including phenoxy) is 2. The number of amides is 1. The van der Waals surface area contributed by atoms with Crippen molar-refractivity contribution in [2.75, 3.05) is 13.3 Å². The highest BCUT2D eigenvalue weighted by molar-refractivity contribution is 5.88. The number of fused-ring (bicyclic) bond motifs is 1. The average molecular weight is 303 g/mol. The van der Waals surface area contributed by atoms with Crippen molar-refractivity contribution < 1.29 is 14.3 Å². The maximum atomic E-state index is 13.1. The topological polar surface area (TPSA) is 38.8 Å². The van der Waals surface area contributed by atoms with Gasteiger partial charge < -0.3 is 14.4 Å². The molecule has 1 fully saturated rings. The molecule has 2 aliphatic heterocycles. The molecular formula is C18H25NO3. The standard InChI is InChI=1S/C18H25NO3/c1-4-14-7-5-6-10-19(14)17(20)18(2,3)13-8-9-15-16(11-13)22-12-21-15/h8-9,11,14H,4-7,10,12H2,1-3H3. The molecule has 0 saturated carbocycles. The molecule has 22 heavy (non-hydrogen) atoms. The Bertz CT molecular complexity index is 567. The van der Waals surface area contributed by atoms with Crippen molar-refractivity contribution in [1.29, 1.82) is 0 Å². The van der Waals surface area contributed by atoms with Gasteiger partial charge in [-0.1, -0.05) is 13.0 Å². The third kappa shape index (κ3) is 2.55. The second kappa shape index (κ2) is 5.82. The number of benzene rings is 1. The highest BCUT2D eigenvalue weighted by atomic mass is 16.7. The molecule has 1 aromatic rings. The number of carbonyl (C=O) groups excluding carboxylic acids is 1. The van der Waals surface area contributed by atoms with Gasteiger partial charge in [0.1, 0.15) is 0 Å². The number of carbonyl (C=O) groups is 1. The number of hydrogen-bond donors (Lipinski definition) is 0. The van der Waals surface area contributed by atoms with E-state index in [1.165, 1.54) is 6.42 Å². The lowest BCUT2D eigenvalue weighted by atomic mass is 9.81. The minimum atomic E-state index is -0.550. The molecule has 0 bridgehead atoms. The van der Waals surface area contributed by atoms with Crippen molar-refractivity contribution in [1.82, 2.24) is 4.90 Å². The largest absolute Gasteiger partial charge is 0.454 e. The predicted molar refractivity (Wildman–Crippen MR) is 85.2 cm³/mol. The van der Waals surface area contributed by atoms with Gasteiger partial charge in [-0.3, -0.25) is 4.79 Å². The molecule has 0 radical (unpaired) electrons. The Morgan fingerprint density at radius 3 is 2.82 bits per heavy atom. The quantitative estimate of drug-likeness (QED) is 0.858. The van der Waals surface area contributed by atoms with Gasteiger partial charge in [0.15, 0.2) is 11.5 Å². The summed E-state index contributed by atoms with van der Waals surface area (Å²) in [4.78, 5) is 15.2. The summed E-state index contributed by atoms with van der Waals surface area (Å²) in [7, 11) is 0. The second-order valence-corrected chi connectivity index (χ2v) is 6.75. The lowest BCUT2D eigenvalue weighted by Gasteiger charge is -2.40. The maximum absolute atomic E-state index is 13.1. The lowest BCUT2D eigenvalue weighted by molar-refractivity contribution is -0.140. The summed E-state index contributed by atoms with van der Waals surface area (Å²) in [6.45, 7) is 7.33. The van der Waals surface area contributed by atoms with Gasteiger partial charge in [0, 0.05) is 12.6 Å². The zero-order valence-corrected chi connectivity index (χ0v) is 13.7. The Kier molecular flexibility index (Phi) is 4.02. The number of rotatable bonds is 3. The minimum Gasteiger partial charge on any atom is -0.454 e. The van der Waals surface area contributed by atoms with Crippen LogP contribution in [0.3, 0.4) is 0 Å². The van der Waals surface area contributed by atoms with Gasteiger partial charge >= 0.3 is 0 Å². The fourth-order valence-electron chi connectivity index (χ4n) is 3.46. The monoisotopic (exact) mass is 303 g/mol. The molecule has 4 heteroatoms. The molecule has 0 aliphatic carbocycles. The first-order chi connectivity index (χ1) is 10.5. The fourth-order valence-corrected chi connectivity index (χ4v) is 3.46. The van der Waals surface area contributed by atoms with Crippen molar-refractivity contribution in [3.05, 3.63) is 23.8 Å². The fraction of sp³-hybridized carbons (Fsp3) is 0.611. The average Bonchev–Trinajstić information content (AvgIpc) is 3.01. The molecule has 2 heterocycles. The molecule has 0 aromatic heterocycles. The Balaban J connectivity index is 1.86. The van der Waals surface area contributed by atoms with Crippen LogP contribution in [-0.4, -0.2) is 30.2 Å². The molecule has 2 aliphatic rings. The lowest BCUT2D eigenvalue weighted by Crippen LogP contribution is -2.50. The number of piperidine rings is 1. The SMILES string of the molecule is CCC1CCCCN1C(=O)C(C)(C)c1ccc2c(c1)OCO2. The van der Waals surface area contributed by atoms with Crippen LogP contribution in [0, 0.1) is 0 Å². The van der Waals surface area contributed by atoms with E-state index in [-0.39, 0.29) is 12.7 Å². The van der Waals surface area contributed by atoms with Gasteiger partial charge in [0.05, 0.1) is 5.41 Å². The maximum Gasteiger partial charge on any atom is 0.232 e. The number of nitrogens with zero attached hydrogens (tertiary/aromatic N) is 1. The molecule has 0 spiro atoms. The van der Waals surface area contributed by atoms with Crippen LogP contribution in [0.4, 0.5) is 0 Å². The van der Waals surface area contributed by atoms with Gasteiger partial charge in [-0.15, -0.1) is 0 Å². The first kappa shape index (κ1) is 15.2. The van der Waals surface area contributed by atoms with E-state index in [0.717, 1.165) is 42.9 Å². The smallest absolute Gasteiger partial charge is 0.232 e. The molecule has 1 atom stereocenters. The van der Waals surface area contributed by atoms with Crippen LogP contribution in [-0.2, 0) is 10.2 Å². The van der Waals surface area contributed by atoms with Crippen LogP contribution >= 0.6 is 0 Å². The summed E-state index contributed by atoms with van der Waals surface area (Å²) in [6, 6.07) is 6.22. The van der Waals surface area contributed by atoms with E-state index in [1.54, 1.807) is 0 Å². The Labute approximate surface area is 132 Å². The van der Waals surface area contributed by atoms with Crippen LogP contribution in [0.25, 0.3) is 0 Å². The summed E-state index contributed by atoms with van der Waals surface area (Å²) in [5.74, 6) is 1.72. The van der Waals surface area contributed by atoms with Crippen LogP contribution in [0.15, 0.2) is 18.2 Å². The van der Waals surface area contributed by atoms with E-state index in [4.69, 9.17) is 9.47 Å². The Morgan fingerprint density at radius 1 is 1.27 bits per heavy atom. The van der Waals surface area contributed by atoms with Gasteiger partial charge in [-0.25, -0.2) is 0 Å². The third-order valence-corrected chi connectivity index (χ3v) is 4.99. The Morgan fingerprint density at radius 2 is 2.05 bits per heavy atom. The first-order valence-corrected chi connectivity index (χ1v) is 8.25. The van der Waals surface area contributed by atoms with E-state index in [1.807, 2.05) is 32.0 Å². The van der Waals surface area contributed by atoms with Crippen molar-refractivity contribution >= 4 is 5.91 Å². The van der Waals surface area contributed by atoms with Crippen LogP contribution < -0.4 is 9.47 Å².